The summed E-state index contributed by atoms with van der Waals surface area (Å²) in [5.41, 5.74) is 2.57. The molecule has 0 aliphatic heterocycles. The molecule has 0 saturated heterocycles. The van der Waals surface area contributed by atoms with Crippen LogP contribution < -0.4 is 9.47 Å². The average molecular weight is 496 g/mol. The van der Waals surface area contributed by atoms with Crippen molar-refractivity contribution in [2.45, 2.75) is 52.9 Å². The second-order valence-corrected chi connectivity index (χ2v) is 10.6. The van der Waals surface area contributed by atoms with Crippen LogP contribution in [0.4, 0.5) is 0 Å². The van der Waals surface area contributed by atoms with Crippen LogP contribution in [0.1, 0.15) is 40.2 Å². The van der Waals surface area contributed by atoms with E-state index in [1.54, 1.807) is 11.8 Å². The molecule has 0 fully saturated rings. The lowest BCUT2D eigenvalue weighted by atomic mass is 10.1. The number of ether oxygens (including phenoxy) is 3. The number of benzene rings is 2. The van der Waals surface area contributed by atoms with Crippen molar-refractivity contribution in [3.8, 4) is 28.6 Å². The van der Waals surface area contributed by atoms with E-state index < -0.39 is 6.10 Å². The van der Waals surface area contributed by atoms with Crippen LogP contribution in [0.5, 0.6) is 17.4 Å². The Kier molecular flexibility index (Phi) is 9.54. The Morgan fingerprint density at radius 1 is 0.972 bits per heavy atom. The lowest BCUT2D eigenvalue weighted by Gasteiger charge is -2.28. The summed E-state index contributed by atoms with van der Waals surface area (Å²) in [6.07, 6.45) is -0.606. The molecule has 3 aromatic rings. The van der Waals surface area contributed by atoms with Gasteiger partial charge in [0, 0.05) is 32.2 Å². The third-order valence-corrected chi connectivity index (χ3v) is 5.59. The highest BCUT2D eigenvalue weighted by Crippen LogP contribution is 2.34. The van der Waals surface area contributed by atoms with Crippen molar-refractivity contribution in [1.29, 1.82) is 0 Å². The Hall–Kier alpha value is -2.87. The summed E-state index contributed by atoms with van der Waals surface area (Å²) < 4.78 is 19.3. The van der Waals surface area contributed by atoms with E-state index in [-0.39, 0.29) is 12.2 Å². The summed E-state index contributed by atoms with van der Waals surface area (Å²) in [5, 5.41) is 15.6. The molecule has 0 bridgehead atoms. The van der Waals surface area contributed by atoms with Crippen LogP contribution in [-0.2, 0) is 18.3 Å². The van der Waals surface area contributed by atoms with Gasteiger partial charge in [0.1, 0.15) is 17.2 Å². The SMILES string of the molecule is COc1ccc(Oc2c(CN(CC(C)C)C[C@@H](O)COC(C)(C)C)c(-c3ccccc3)nn2C)cc1. The van der Waals surface area contributed by atoms with E-state index in [1.165, 1.54) is 0 Å². The molecule has 0 saturated carbocycles. The largest absolute Gasteiger partial charge is 0.497 e. The van der Waals surface area contributed by atoms with Gasteiger partial charge >= 0.3 is 0 Å². The second kappa shape index (κ2) is 12.4. The molecule has 3 rings (SSSR count). The fourth-order valence-corrected chi connectivity index (χ4v) is 4.05. The number of hydrogen-bond donors (Lipinski definition) is 1. The molecular formula is C29H41N3O4. The number of aromatic nitrogens is 2. The lowest BCUT2D eigenvalue weighted by molar-refractivity contribution is -0.0573. The summed E-state index contributed by atoms with van der Waals surface area (Å²) in [4.78, 5) is 2.26. The predicted molar refractivity (Wildman–Crippen MR) is 144 cm³/mol. The molecule has 36 heavy (non-hydrogen) atoms. The molecule has 2 aromatic carbocycles. The Morgan fingerprint density at radius 3 is 2.19 bits per heavy atom. The third kappa shape index (κ3) is 8.08. The molecular weight excluding hydrogens is 454 g/mol. The van der Waals surface area contributed by atoms with Crippen LogP contribution in [0.2, 0.25) is 0 Å². The molecule has 0 aliphatic carbocycles. The zero-order valence-corrected chi connectivity index (χ0v) is 22.7. The van der Waals surface area contributed by atoms with Gasteiger partial charge in [-0.1, -0.05) is 44.2 Å². The minimum Gasteiger partial charge on any atom is -0.497 e. The minimum absolute atomic E-state index is 0.284. The number of nitrogens with zero attached hydrogens (tertiary/aromatic N) is 3. The highest BCUT2D eigenvalue weighted by molar-refractivity contribution is 5.65. The number of aliphatic hydroxyl groups is 1. The van der Waals surface area contributed by atoms with Crippen molar-refractivity contribution in [1.82, 2.24) is 14.7 Å². The standard InChI is InChI=1S/C29H41N3O4/c1-21(2)17-32(18-23(33)20-35-29(3,4)5)19-26-27(22-11-9-8-10-12-22)30-31(6)28(26)36-25-15-13-24(34-7)14-16-25/h8-16,21,23,33H,17-20H2,1-7H3/t23-/m1/s1. The normalized spacial score (nSPS) is 12.8. The van der Waals surface area contributed by atoms with Crippen molar-refractivity contribution < 1.29 is 19.3 Å². The van der Waals surface area contributed by atoms with Crippen LogP contribution in [0.3, 0.4) is 0 Å². The van der Waals surface area contributed by atoms with Gasteiger partial charge in [0.2, 0.25) is 5.88 Å². The Morgan fingerprint density at radius 2 is 1.61 bits per heavy atom. The average Bonchev–Trinajstić information content (AvgIpc) is 3.12. The third-order valence-electron chi connectivity index (χ3n) is 5.59. The molecule has 1 aromatic heterocycles. The van der Waals surface area contributed by atoms with Gasteiger partial charge in [-0.2, -0.15) is 5.10 Å². The van der Waals surface area contributed by atoms with Gasteiger partial charge in [-0.25, -0.2) is 4.68 Å². The van der Waals surface area contributed by atoms with Gasteiger partial charge in [-0.3, -0.25) is 4.90 Å². The highest BCUT2D eigenvalue weighted by Gasteiger charge is 2.24. The quantitative estimate of drug-likeness (QED) is 0.357. The summed E-state index contributed by atoms with van der Waals surface area (Å²) in [7, 11) is 3.54. The van der Waals surface area contributed by atoms with Crippen LogP contribution in [0, 0.1) is 5.92 Å². The molecule has 1 N–H and O–H groups in total. The molecule has 1 heterocycles. The molecule has 7 heteroatoms. The summed E-state index contributed by atoms with van der Waals surface area (Å²) in [5.74, 6) is 2.57. The molecule has 0 aliphatic rings. The summed E-state index contributed by atoms with van der Waals surface area (Å²) >= 11 is 0. The Balaban J connectivity index is 1.94. The van der Waals surface area contributed by atoms with Gasteiger partial charge < -0.3 is 19.3 Å². The van der Waals surface area contributed by atoms with Crippen molar-refractivity contribution in [3.05, 3.63) is 60.2 Å². The van der Waals surface area contributed by atoms with E-state index in [0.717, 1.165) is 29.1 Å². The Bertz CT molecular complexity index is 1070. The zero-order valence-electron chi connectivity index (χ0n) is 22.7. The van der Waals surface area contributed by atoms with E-state index in [0.29, 0.717) is 30.6 Å². The van der Waals surface area contributed by atoms with E-state index in [9.17, 15) is 5.11 Å². The maximum Gasteiger partial charge on any atom is 0.222 e. The maximum absolute atomic E-state index is 10.8. The fourth-order valence-electron chi connectivity index (χ4n) is 4.05. The number of hydrogen-bond acceptors (Lipinski definition) is 6. The molecule has 7 nitrogen and oxygen atoms in total. The van der Waals surface area contributed by atoms with Crippen molar-refractivity contribution >= 4 is 0 Å². The lowest BCUT2D eigenvalue weighted by Crippen LogP contribution is -2.38. The van der Waals surface area contributed by atoms with Crippen LogP contribution in [-0.4, -0.2) is 58.3 Å². The van der Waals surface area contributed by atoms with Crippen LogP contribution >= 0.6 is 0 Å². The highest BCUT2D eigenvalue weighted by atomic mass is 16.5. The first kappa shape index (κ1) is 27.7. The van der Waals surface area contributed by atoms with Crippen molar-refractivity contribution in [3.63, 3.8) is 0 Å². The van der Waals surface area contributed by atoms with E-state index in [1.807, 2.05) is 70.3 Å². The second-order valence-electron chi connectivity index (χ2n) is 10.6. The van der Waals surface area contributed by atoms with Crippen molar-refractivity contribution in [2.24, 2.45) is 13.0 Å². The Labute approximate surface area is 215 Å². The molecule has 0 spiro atoms. The number of aryl methyl sites for hydroxylation is 1. The molecule has 1 atom stereocenters. The molecule has 0 radical (unpaired) electrons. The maximum atomic E-state index is 10.8. The van der Waals surface area contributed by atoms with Crippen LogP contribution in [0.15, 0.2) is 54.6 Å². The topological polar surface area (TPSA) is 69.0 Å². The molecule has 196 valence electrons. The van der Waals surface area contributed by atoms with E-state index in [4.69, 9.17) is 19.3 Å². The first-order valence-corrected chi connectivity index (χ1v) is 12.5. The molecule has 0 unspecified atom stereocenters. The molecule has 0 amide bonds. The van der Waals surface area contributed by atoms with E-state index >= 15 is 0 Å². The van der Waals surface area contributed by atoms with Gasteiger partial charge in [-0.05, 0) is 51.0 Å². The van der Waals surface area contributed by atoms with Gasteiger partial charge in [0.05, 0.1) is 31.0 Å². The van der Waals surface area contributed by atoms with Gasteiger partial charge in [0.15, 0.2) is 0 Å². The summed E-state index contributed by atoms with van der Waals surface area (Å²) in [6, 6.07) is 17.7. The van der Waals surface area contributed by atoms with Crippen molar-refractivity contribution in [2.75, 3.05) is 26.8 Å². The van der Waals surface area contributed by atoms with E-state index in [2.05, 4.69) is 30.9 Å². The monoisotopic (exact) mass is 495 g/mol. The predicted octanol–water partition coefficient (Wildman–Crippen LogP) is 5.52. The van der Waals surface area contributed by atoms with Gasteiger partial charge in [0.25, 0.3) is 0 Å². The first-order valence-electron chi connectivity index (χ1n) is 12.5. The van der Waals surface area contributed by atoms with Gasteiger partial charge in [-0.15, -0.1) is 0 Å². The van der Waals surface area contributed by atoms with Crippen LogP contribution in [0.25, 0.3) is 11.3 Å². The smallest absolute Gasteiger partial charge is 0.222 e. The zero-order chi connectivity index (χ0) is 26.3. The number of methoxy groups -OCH3 is 1. The summed E-state index contributed by atoms with van der Waals surface area (Å²) in [6.45, 7) is 12.5. The first-order chi connectivity index (χ1) is 17.1. The minimum atomic E-state index is -0.606. The number of rotatable bonds is 12. The fraction of sp³-hybridized carbons (Fsp3) is 0.483. The number of aliphatic hydroxyl groups excluding tert-OH is 1.